The fourth-order valence-electron chi connectivity index (χ4n) is 2.53. The molecule has 5 nitrogen and oxygen atoms in total. The van der Waals surface area contributed by atoms with E-state index in [4.69, 9.17) is 4.74 Å². The second kappa shape index (κ2) is 8.07. The number of hydrogen-bond donors (Lipinski definition) is 1. The molecule has 5 heteroatoms. The van der Waals surface area contributed by atoms with Crippen molar-refractivity contribution in [2.24, 2.45) is 0 Å². The largest absolute Gasteiger partial charge is 0.481 e. The third-order valence-electron chi connectivity index (χ3n) is 3.77. The monoisotopic (exact) mass is 278 g/mol. The van der Waals surface area contributed by atoms with E-state index >= 15 is 0 Å². The highest BCUT2D eigenvalue weighted by atomic mass is 16.5. The lowest BCUT2D eigenvalue weighted by molar-refractivity contribution is 0.252. The van der Waals surface area contributed by atoms with E-state index in [2.05, 4.69) is 26.2 Å². The number of anilines is 1. The minimum Gasteiger partial charge on any atom is -0.481 e. The highest BCUT2D eigenvalue weighted by Crippen LogP contribution is 2.17. The lowest BCUT2D eigenvalue weighted by Gasteiger charge is -2.35. The van der Waals surface area contributed by atoms with E-state index < -0.39 is 0 Å². The Kier molecular flexibility index (Phi) is 6.08. The summed E-state index contributed by atoms with van der Waals surface area (Å²) in [4.78, 5) is 9.39. The molecule has 20 heavy (non-hydrogen) atoms. The fraction of sp³-hybridized carbons (Fsp3) is 0.667. The normalized spacial score (nSPS) is 16.4. The molecule has 1 saturated heterocycles. The summed E-state index contributed by atoms with van der Waals surface area (Å²) in [6, 6.07) is 5.96. The van der Waals surface area contributed by atoms with Gasteiger partial charge in [0.1, 0.15) is 5.82 Å². The van der Waals surface area contributed by atoms with Crippen LogP contribution in [0.2, 0.25) is 0 Å². The maximum atomic E-state index is 5.19. The van der Waals surface area contributed by atoms with Crippen molar-refractivity contribution in [1.29, 1.82) is 0 Å². The van der Waals surface area contributed by atoms with Crippen LogP contribution in [0.3, 0.4) is 0 Å². The molecule has 0 aromatic carbocycles. The molecule has 1 aromatic heterocycles. The molecule has 2 rings (SSSR count). The Morgan fingerprint density at radius 3 is 2.70 bits per heavy atom. The Bertz CT molecular complexity index is 391. The van der Waals surface area contributed by atoms with Crippen LogP contribution in [-0.2, 0) is 0 Å². The van der Waals surface area contributed by atoms with Crippen molar-refractivity contribution in [2.45, 2.75) is 12.8 Å². The maximum absolute atomic E-state index is 5.19. The van der Waals surface area contributed by atoms with E-state index in [1.54, 1.807) is 7.11 Å². The predicted octanol–water partition coefficient (Wildman–Crippen LogP) is 1.21. The zero-order chi connectivity index (χ0) is 14.2. The highest BCUT2D eigenvalue weighted by Gasteiger charge is 2.17. The van der Waals surface area contributed by atoms with E-state index in [0.29, 0.717) is 5.88 Å². The summed E-state index contributed by atoms with van der Waals surface area (Å²) in [6.45, 7) is 6.67. The van der Waals surface area contributed by atoms with Gasteiger partial charge in [-0.2, -0.15) is 4.98 Å². The molecule has 112 valence electrons. The summed E-state index contributed by atoms with van der Waals surface area (Å²) < 4.78 is 5.19. The molecule has 0 atom stereocenters. The van der Waals surface area contributed by atoms with Crippen LogP contribution in [-0.4, -0.2) is 63.3 Å². The van der Waals surface area contributed by atoms with Crippen LogP contribution >= 0.6 is 0 Å². The average Bonchev–Trinajstić information content (AvgIpc) is 2.52. The number of methoxy groups -OCH3 is 1. The van der Waals surface area contributed by atoms with Gasteiger partial charge in [0, 0.05) is 32.2 Å². The lowest BCUT2D eigenvalue weighted by Crippen LogP contribution is -2.47. The second-order valence-electron chi connectivity index (χ2n) is 5.18. The number of hydrogen-bond acceptors (Lipinski definition) is 5. The van der Waals surface area contributed by atoms with Gasteiger partial charge < -0.3 is 15.0 Å². The van der Waals surface area contributed by atoms with Gasteiger partial charge in [-0.15, -0.1) is 0 Å². The van der Waals surface area contributed by atoms with Crippen LogP contribution < -0.4 is 15.0 Å². The second-order valence-corrected chi connectivity index (χ2v) is 5.18. The SMILES string of the molecule is CNCCCCN1CCN(c2cccc(OC)n2)CC1. The van der Waals surface area contributed by atoms with E-state index in [0.717, 1.165) is 38.5 Å². The summed E-state index contributed by atoms with van der Waals surface area (Å²) in [5.74, 6) is 1.72. The molecule has 0 unspecified atom stereocenters. The lowest BCUT2D eigenvalue weighted by atomic mass is 10.2. The highest BCUT2D eigenvalue weighted by molar-refractivity contribution is 5.41. The number of pyridine rings is 1. The van der Waals surface area contributed by atoms with Crippen molar-refractivity contribution >= 4 is 5.82 Å². The number of rotatable bonds is 7. The van der Waals surface area contributed by atoms with Gasteiger partial charge in [-0.3, -0.25) is 4.90 Å². The van der Waals surface area contributed by atoms with Crippen LogP contribution in [0.1, 0.15) is 12.8 Å². The summed E-state index contributed by atoms with van der Waals surface area (Å²) in [5, 5.41) is 3.20. The zero-order valence-corrected chi connectivity index (χ0v) is 12.6. The number of unbranched alkanes of at least 4 members (excludes halogenated alkanes) is 1. The molecule has 0 radical (unpaired) electrons. The van der Waals surface area contributed by atoms with Crippen molar-refractivity contribution in [1.82, 2.24) is 15.2 Å². The zero-order valence-electron chi connectivity index (χ0n) is 12.6. The summed E-state index contributed by atoms with van der Waals surface area (Å²) >= 11 is 0. The average molecular weight is 278 g/mol. The molecule has 2 heterocycles. The number of ether oxygens (including phenoxy) is 1. The summed E-state index contributed by atoms with van der Waals surface area (Å²) in [7, 11) is 3.68. The summed E-state index contributed by atoms with van der Waals surface area (Å²) in [5.41, 5.74) is 0. The quantitative estimate of drug-likeness (QED) is 0.759. The van der Waals surface area contributed by atoms with Gasteiger partial charge in [0.05, 0.1) is 7.11 Å². The Morgan fingerprint density at radius 2 is 2.00 bits per heavy atom. The van der Waals surface area contributed by atoms with Crippen molar-refractivity contribution in [3.8, 4) is 5.88 Å². The molecule has 1 N–H and O–H groups in total. The van der Waals surface area contributed by atoms with Gasteiger partial charge in [0.25, 0.3) is 0 Å². The maximum Gasteiger partial charge on any atom is 0.214 e. The number of piperazine rings is 1. The third kappa shape index (κ3) is 4.35. The minimum absolute atomic E-state index is 0.692. The van der Waals surface area contributed by atoms with E-state index in [9.17, 15) is 0 Å². The Balaban J connectivity index is 1.76. The number of aromatic nitrogens is 1. The first kappa shape index (κ1) is 15.1. The van der Waals surface area contributed by atoms with Crippen LogP contribution in [0.4, 0.5) is 5.82 Å². The Morgan fingerprint density at radius 1 is 1.20 bits per heavy atom. The molecule has 1 aromatic rings. The van der Waals surface area contributed by atoms with Crippen molar-refractivity contribution in [3.63, 3.8) is 0 Å². The van der Waals surface area contributed by atoms with Gasteiger partial charge in [0.15, 0.2) is 0 Å². The first-order valence-electron chi connectivity index (χ1n) is 7.46. The van der Waals surface area contributed by atoms with Crippen LogP contribution in [0, 0.1) is 0 Å². The van der Waals surface area contributed by atoms with Crippen LogP contribution in [0.15, 0.2) is 18.2 Å². The van der Waals surface area contributed by atoms with Crippen molar-refractivity contribution < 1.29 is 4.74 Å². The number of nitrogens with one attached hydrogen (secondary N) is 1. The first-order valence-corrected chi connectivity index (χ1v) is 7.46. The number of nitrogens with zero attached hydrogens (tertiary/aromatic N) is 3. The van der Waals surface area contributed by atoms with Gasteiger partial charge in [-0.25, -0.2) is 0 Å². The van der Waals surface area contributed by atoms with Gasteiger partial charge in [0.2, 0.25) is 5.88 Å². The summed E-state index contributed by atoms with van der Waals surface area (Å²) in [6.07, 6.45) is 2.53. The predicted molar refractivity (Wildman–Crippen MR) is 82.6 cm³/mol. The molecular formula is C15H26N4O. The minimum atomic E-state index is 0.692. The van der Waals surface area contributed by atoms with Crippen molar-refractivity contribution in [3.05, 3.63) is 18.2 Å². The standard InChI is InChI=1S/C15H26N4O/c1-16-8-3-4-9-18-10-12-19(13-11-18)14-6-5-7-15(17-14)20-2/h5-7,16H,3-4,8-13H2,1-2H3. The van der Waals surface area contributed by atoms with Crippen LogP contribution in [0.25, 0.3) is 0 Å². The molecule has 0 spiro atoms. The third-order valence-corrected chi connectivity index (χ3v) is 3.77. The molecular weight excluding hydrogens is 252 g/mol. The first-order chi connectivity index (χ1) is 9.83. The topological polar surface area (TPSA) is 40.6 Å². The molecule has 1 aliphatic rings. The van der Waals surface area contributed by atoms with Gasteiger partial charge in [-0.05, 0) is 39.0 Å². The molecule has 0 amide bonds. The fourth-order valence-corrected chi connectivity index (χ4v) is 2.53. The van der Waals surface area contributed by atoms with E-state index in [1.165, 1.54) is 19.4 Å². The van der Waals surface area contributed by atoms with E-state index in [1.807, 2.05) is 19.2 Å². The van der Waals surface area contributed by atoms with Crippen molar-refractivity contribution in [2.75, 3.05) is 58.3 Å². The molecule has 0 bridgehead atoms. The molecule has 1 fully saturated rings. The smallest absolute Gasteiger partial charge is 0.214 e. The van der Waals surface area contributed by atoms with Gasteiger partial charge >= 0.3 is 0 Å². The molecule has 0 aliphatic carbocycles. The van der Waals surface area contributed by atoms with Crippen LogP contribution in [0.5, 0.6) is 5.88 Å². The van der Waals surface area contributed by atoms with E-state index in [-0.39, 0.29) is 0 Å². The Hall–Kier alpha value is -1.33. The van der Waals surface area contributed by atoms with Gasteiger partial charge in [-0.1, -0.05) is 6.07 Å². The molecule has 1 aliphatic heterocycles. The Labute approximate surface area is 121 Å². The molecule has 0 saturated carbocycles.